The minimum Gasteiger partial charge on any atom is -0.250 e. The highest BCUT2D eigenvalue weighted by Gasteiger charge is 2.30. The van der Waals surface area contributed by atoms with Gasteiger partial charge < -0.3 is 0 Å². The SMILES string of the molecule is CSN1CN(NC2CC2)CN(NC(C)(C)C)C1. The zero-order valence-electron chi connectivity index (χ0n) is 11.4. The zero-order valence-corrected chi connectivity index (χ0v) is 12.2. The predicted molar refractivity (Wildman–Crippen MR) is 72.7 cm³/mol. The fourth-order valence-electron chi connectivity index (χ4n) is 1.93. The molecule has 0 bridgehead atoms. The van der Waals surface area contributed by atoms with Crippen molar-refractivity contribution in [2.75, 3.05) is 26.3 Å². The van der Waals surface area contributed by atoms with Crippen molar-refractivity contribution in [1.82, 2.24) is 25.2 Å². The molecule has 0 aromatic carbocycles. The topological polar surface area (TPSA) is 33.8 Å². The van der Waals surface area contributed by atoms with Gasteiger partial charge in [0.1, 0.15) is 0 Å². The lowest BCUT2D eigenvalue weighted by molar-refractivity contribution is -0.0581. The molecule has 1 aliphatic heterocycles. The maximum atomic E-state index is 3.57. The van der Waals surface area contributed by atoms with Crippen LogP contribution < -0.4 is 10.9 Å². The molecule has 1 aliphatic carbocycles. The average Bonchev–Trinajstić information content (AvgIpc) is 2.98. The van der Waals surface area contributed by atoms with Crippen molar-refractivity contribution in [3.8, 4) is 0 Å². The van der Waals surface area contributed by atoms with Crippen LogP contribution in [0.2, 0.25) is 0 Å². The van der Waals surface area contributed by atoms with Crippen LogP contribution in [0, 0.1) is 0 Å². The maximum absolute atomic E-state index is 3.57. The van der Waals surface area contributed by atoms with E-state index < -0.39 is 0 Å². The van der Waals surface area contributed by atoms with Crippen molar-refractivity contribution >= 4 is 11.9 Å². The lowest BCUT2D eigenvalue weighted by atomic mass is 10.1. The van der Waals surface area contributed by atoms with Gasteiger partial charge in [-0.15, -0.1) is 0 Å². The Labute approximate surface area is 109 Å². The van der Waals surface area contributed by atoms with E-state index >= 15 is 0 Å². The van der Waals surface area contributed by atoms with Gasteiger partial charge in [0.25, 0.3) is 0 Å². The third-order valence-corrected chi connectivity index (χ3v) is 3.44. The molecule has 0 unspecified atom stereocenters. The Morgan fingerprint density at radius 1 is 1.06 bits per heavy atom. The minimum absolute atomic E-state index is 0.118. The third kappa shape index (κ3) is 4.73. The van der Waals surface area contributed by atoms with Gasteiger partial charge in [0.2, 0.25) is 0 Å². The quantitative estimate of drug-likeness (QED) is 0.734. The van der Waals surface area contributed by atoms with Gasteiger partial charge in [-0.2, -0.15) is 0 Å². The summed E-state index contributed by atoms with van der Waals surface area (Å²) in [4.78, 5) is 0. The number of hydrazine groups is 2. The van der Waals surface area contributed by atoms with Crippen molar-refractivity contribution in [2.24, 2.45) is 0 Å². The zero-order chi connectivity index (χ0) is 12.5. The van der Waals surface area contributed by atoms with Crippen molar-refractivity contribution in [3.05, 3.63) is 0 Å². The minimum atomic E-state index is 0.118. The summed E-state index contributed by atoms with van der Waals surface area (Å²) in [5.74, 6) is 0. The highest BCUT2D eigenvalue weighted by atomic mass is 32.2. The molecule has 0 spiro atoms. The van der Waals surface area contributed by atoms with Gasteiger partial charge in [0.05, 0.1) is 20.0 Å². The van der Waals surface area contributed by atoms with Crippen LogP contribution in [0.25, 0.3) is 0 Å². The summed E-state index contributed by atoms with van der Waals surface area (Å²) in [6.45, 7) is 9.48. The van der Waals surface area contributed by atoms with Gasteiger partial charge in [-0.1, -0.05) is 11.9 Å². The third-order valence-electron chi connectivity index (χ3n) is 2.69. The maximum Gasteiger partial charge on any atom is 0.0812 e. The van der Waals surface area contributed by atoms with Gasteiger partial charge in [-0.3, -0.25) is 0 Å². The van der Waals surface area contributed by atoms with Gasteiger partial charge in [-0.05, 0) is 39.9 Å². The van der Waals surface area contributed by atoms with Gasteiger partial charge in [-0.25, -0.2) is 25.2 Å². The van der Waals surface area contributed by atoms with Crippen LogP contribution >= 0.6 is 11.9 Å². The number of rotatable bonds is 4. The fraction of sp³-hybridized carbons (Fsp3) is 1.00. The Morgan fingerprint density at radius 3 is 2.24 bits per heavy atom. The van der Waals surface area contributed by atoms with Crippen LogP contribution in [0.5, 0.6) is 0 Å². The van der Waals surface area contributed by atoms with E-state index in [9.17, 15) is 0 Å². The van der Waals surface area contributed by atoms with Gasteiger partial charge in [0, 0.05) is 11.6 Å². The Morgan fingerprint density at radius 2 is 1.71 bits per heavy atom. The van der Waals surface area contributed by atoms with E-state index in [1.54, 1.807) is 11.9 Å². The second kappa shape index (κ2) is 5.42. The molecule has 0 amide bonds. The standard InChI is InChI=1S/C11H25N5S/c1-11(2,3)13-15-7-14(12-10-5-6-10)8-16(9-15)17-4/h10,12-13H,5-9H2,1-4H3. The number of hydrogen-bond donors (Lipinski definition) is 2. The molecule has 2 N–H and O–H groups in total. The number of nitrogens with one attached hydrogen (secondary N) is 2. The molecule has 0 aromatic heterocycles. The van der Waals surface area contributed by atoms with Crippen molar-refractivity contribution in [1.29, 1.82) is 0 Å². The van der Waals surface area contributed by atoms with Crippen molar-refractivity contribution < 1.29 is 0 Å². The average molecular weight is 259 g/mol. The Hall–Kier alpha value is 0.150. The smallest absolute Gasteiger partial charge is 0.0812 e. The van der Waals surface area contributed by atoms with E-state index in [2.05, 4.69) is 52.2 Å². The first-order valence-corrected chi connectivity index (χ1v) is 7.47. The second-order valence-electron chi connectivity index (χ2n) is 5.93. The molecule has 0 atom stereocenters. The molecule has 0 radical (unpaired) electrons. The Kier molecular flexibility index (Phi) is 4.33. The number of hydrogen-bond acceptors (Lipinski definition) is 6. The predicted octanol–water partition coefficient (Wildman–Crippen LogP) is 1.03. The molecule has 2 aliphatic rings. The van der Waals surface area contributed by atoms with Crippen LogP contribution in [0.15, 0.2) is 0 Å². The summed E-state index contributed by atoms with van der Waals surface area (Å²) in [7, 11) is 0. The molecule has 2 rings (SSSR count). The van der Waals surface area contributed by atoms with Crippen molar-refractivity contribution in [2.45, 2.75) is 45.2 Å². The highest BCUT2D eigenvalue weighted by molar-refractivity contribution is 7.96. The van der Waals surface area contributed by atoms with Gasteiger partial charge in [0.15, 0.2) is 0 Å². The lowest BCUT2D eigenvalue weighted by Gasteiger charge is -2.43. The van der Waals surface area contributed by atoms with E-state index in [1.165, 1.54) is 12.8 Å². The fourth-order valence-corrected chi connectivity index (χ4v) is 2.44. The summed E-state index contributed by atoms with van der Waals surface area (Å²) in [6, 6.07) is 0.716. The summed E-state index contributed by atoms with van der Waals surface area (Å²) in [5.41, 5.74) is 7.23. The largest absolute Gasteiger partial charge is 0.250 e. The van der Waals surface area contributed by atoms with Gasteiger partial charge >= 0.3 is 0 Å². The van der Waals surface area contributed by atoms with E-state index in [0.717, 1.165) is 20.0 Å². The molecule has 1 heterocycles. The molecular formula is C11H25N5S. The van der Waals surface area contributed by atoms with Crippen LogP contribution in [0.1, 0.15) is 33.6 Å². The molecule has 2 fully saturated rings. The molecule has 1 saturated carbocycles. The normalized spacial score (nSPS) is 25.4. The van der Waals surface area contributed by atoms with Crippen molar-refractivity contribution in [3.63, 3.8) is 0 Å². The van der Waals surface area contributed by atoms with Crippen LogP contribution in [-0.4, -0.2) is 52.2 Å². The van der Waals surface area contributed by atoms with Crippen LogP contribution in [0.4, 0.5) is 0 Å². The van der Waals surface area contributed by atoms with E-state index in [1.807, 2.05) is 0 Å². The monoisotopic (exact) mass is 259 g/mol. The molecule has 6 heteroatoms. The van der Waals surface area contributed by atoms with E-state index in [4.69, 9.17) is 0 Å². The van der Waals surface area contributed by atoms with E-state index in [0.29, 0.717) is 6.04 Å². The Bertz CT molecular complexity index is 251. The first-order chi connectivity index (χ1) is 7.96. The molecule has 0 aromatic rings. The number of nitrogens with zero attached hydrogens (tertiary/aromatic N) is 3. The highest BCUT2D eigenvalue weighted by Crippen LogP contribution is 2.21. The molecule has 1 saturated heterocycles. The molecule has 100 valence electrons. The molecular weight excluding hydrogens is 234 g/mol. The molecule has 17 heavy (non-hydrogen) atoms. The summed E-state index contributed by atoms with van der Waals surface area (Å²) in [6.07, 6.45) is 4.78. The van der Waals surface area contributed by atoms with Crippen LogP contribution in [-0.2, 0) is 0 Å². The lowest BCUT2D eigenvalue weighted by Crippen LogP contribution is -2.63. The summed E-state index contributed by atoms with van der Waals surface area (Å²) in [5, 5.41) is 4.58. The second-order valence-corrected chi connectivity index (χ2v) is 6.82. The first kappa shape index (κ1) is 13.6. The van der Waals surface area contributed by atoms with E-state index in [-0.39, 0.29) is 5.54 Å². The summed E-state index contributed by atoms with van der Waals surface area (Å²) >= 11 is 1.80. The summed E-state index contributed by atoms with van der Waals surface area (Å²) < 4.78 is 2.34. The first-order valence-electron chi connectivity index (χ1n) is 6.29. The van der Waals surface area contributed by atoms with Crippen LogP contribution in [0.3, 0.4) is 0 Å². The Balaban J connectivity index is 1.87. The molecule has 5 nitrogen and oxygen atoms in total.